The summed E-state index contributed by atoms with van der Waals surface area (Å²) in [5.74, 6) is -4.15. The van der Waals surface area contributed by atoms with E-state index < -0.39 is 30.0 Å². The molecule has 0 saturated heterocycles. The predicted octanol–water partition coefficient (Wildman–Crippen LogP) is 6.96. The molecule has 0 aliphatic heterocycles. The number of unbranched alkanes of at least 4 members (excludes halogenated alkanes) is 13. The van der Waals surface area contributed by atoms with Crippen LogP contribution in [-0.4, -0.2) is 159 Å². The number of carbonyl (C=O) groups excluding carboxylic acids is 4. The summed E-state index contributed by atoms with van der Waals surface area (Å²) in [7, 11) is 5.74. The molecule has 0 aliphatic rings. The molecule has 23 heteroatoms. The molecule has 4 amide bonds. The van der Waals surface area contributed by atoms with Crippen molar-refractivity contribution in [2.24, 2.45) is 0 Å². The maximum atomic E-state index is 12.3. The van der Waals surface area contributed by atoms with Gasteiger partial charge in [0.15, 0.2) is 0 Å². The quantitative estimate of drug-likeness (QED) is 0.0174. The zero-order chi connectivity index (χ0) is 54.6. The molecule has 20 nitrogen and oxygen atoms in total. The van der Waals surface area contributed by atoms with Crippen LogP contribution in [0.25, 0.3) is 0 Å². The van der Waals surface area contributed by atoms with Crippen molar-refractivity contribution >= 4 is 72.5 Å². The van der Waals surface area contributed by atoms with E-state index in [9.17, 15) is 38.7 Å². The molecule has 72 heavy (non-hydrogen) atoms. The van der Waals surface area contributed by atoms with Crippen LogP contribution < -0.4 is 26.4 Å². The molecule has 0 saturated carbocycles. The summed E-state index contributed by atoms with van der Waals surface area (Å²) in [6, 6.07) is -1.78. The van der Waals surface area contributed by atoms with Gasteiger partial charge in [0, 0.05) is 38.9 Å². The molecular formula is C49H102N5O15PS2. The summed E-state index contributed by atoms with van der Waals surface area (Å²) in [4.78, 5) is 81.2. The lowest BCUT2D eigenvalue weighted by molar-refractivity contribution is -0.142. The fraction of sp³-hybridized carbons (Fsp3) is 0.857. The Hall–Kier alpha value is -2.82. The van der Waals surface area contributed by atoms with Crippen molar-refractivity contribution in [3.63, 3.8) is 0 Å². The molecule has 0 heterocycles. The number of rotatable bonds is 45. The second-order valence-corrected chi connectivity index (χ2v) is 18.4. The van der Waals surface area contributed by atoms with Crippen molar-refractivity contribution in [2.45, 2.75) is 188 Å². The molecule has 0 aliphatic carbocycles. The average Bonchev–Trinajstić information content (AvgIpc) is 3.36. The second-order valence-electron chi connectivity index (χ2n) is 15.4. The van der Waals surface area contributed by atoms with E-state index in [0.717, 1.165) is 51.4 Å². The van der Waals surface area contributed by atoms with Crippen LogP contribution in [0.2, 0.25) is 0 Å². The van der Waals surface area contributed by atoms with Crippen molar-refractivity contribution < 1.29 is 73.3 Å². The molecule has 10 N–H and O–H groups in total. The van der Waals surface area contributed by atoms with Crippen LogP contribution in [0.5, 0.6) is 0 Å². The fourth-order valence-corrected chi connectivity index (χ4v) is 5.90. The first-order valence-electron chi connectivity index (χ1n) is 25.9. The third-order valence-electron chi connectivity index (χ3n) is 9.59. The minimum Gasteiger partial charge on any atom is -0.481 e. The third-order valence-corrected chi connectivity index (χ3v) is 11.3. The Morgan fingerprint density at radius 3 is 1.24 bits per heavy atom. The van der Waals surface area contributed by atoms with Gasteiger partial charge >= 0.3 is 17.9 Å². The summed E-state index contributed by atoms with van der Waals surface area (Å²) < 4.78 is 21.2. The van der Waals surface area contributed by atoms with Gasteiger partial charge < -0.3 is 61.0 Å². The highest BCUT2D eigenvalue weighted by Crippen LogP contribution is 2.13. The molecule has 0 aromatic carbocycles. The molecule has 0 bridgehead atoms. The van der Waals surface area contributed by atoms with Crippen LogP contribution in [0.1, 0.15) is 176 Å². The molecule has 0 aromatic heterocycles. The maximum Gasteiger partial charge on any atom is 0.326 e. The lowest BCUT2D eigenvalue weighted by atomic mass is 10.0. The highest BCUT2D eigenvalue weighted by Gasteiger charge is 2.21. The van der Waals surface area contributed by atoms with Gasteiger partial charge in [-0.15, -0.1) is 0 Å². The van der Waals surface area contributed by atoms with E-state index in [2.05, 4.69) is 62.1 Å². The summed E-state index contributed by atoms with van der Waals surface area (Å²) >= 11 is 0. The Balaban J connectivity index is -0.000000755. The van der Waals surface area contributed by atoms with E-state index >= 15 is 0 Å². The number of amides is 4. The molecule has 0 aromatic rings. The predicted molar refractivity (Wildman–Crippen MR) is 295 cm³/mol. The Morgan fingerprint density at radius 1 is 0.458 bits per heavy atom. The molecule has 0 radical (unpaired) electrons. The summed E-state index contributed by atoms with van der Waals surface area (Å²) in [5, 5.41) is 40.2. The van der Waals surface area contributed by atoms with Crippen molar-refractivity contribution in [3.8, 4) is 0 Å². The number of hydrogen-bond acceptors (Lipinski definition) is 14. The standard InChI is InChI=1S/C39H72N5O14P.C4H10.C2H6S2.2C2H6.H2O/c45-33(19-18-31(38(51)52)43-34(46)16-11-9-7-5-3-1-2-4-6-8-10-12-17-37(49)50)41-21-23-55-25-28-58-30-36(48)42-22-24-56-26-27-57-29-35(47)40-20-14-13-15-32(44-59)39(53)54;2*1-3-4-2;2*1-2;/h31-32,44H,1-30,59H2,(H,40,47)(H,41,45)(H,42,48)(H,43,46)(H,49,50)(H,51,52)(H,53,54);3-4H2,1-2H3;1-2H3;2*1-2H3;1H2. The average molecular weight is 1100 g/mol. The van der Waals surface area contributed by atoms with Gasteiger partial charge in [-0.25, -0.2) is 4.79 Å². The van der Waals surface area contributed by atoms with Crippen molar-refractivity contribution in [3.05, 3.63) is 0 Å². The van der Waals surface area contributed by atoms with Crippen LogP contribution in [0.3, 0.4) is 0 Å². The first kappa shape index (κ1) is 80.6. The molecule has 0 rings (SSSR count). The molecule has 0 spiro atoms. The molecule has 3 unspecified atom stereocenters. The Bertz CT molecular complexity index is 1250. The van der Waals surface area contributed by atoms with Crippen molar-refractivity contribution in [2.75, 3.05) is 85.0 Å². The Labute approximate surface area is 444 Å². The van der Waals surface area contributed by atoms with Gasteiger partial charge in [-0.3, -0.25) is 33.9 Å². The number of aliphatic carboxylic acids is 3. The van der Waals surface area contributed by atoms with Gasteiger partial charge in [0.25, 0.3) is 0 Å². The fourth-order valence-electron chi connectivity index (χ4n) is 5.59. The maximum absolute atomic E-state index is 12.3. The van der Waals surface area contributed by atoms with Crippen LogP contribution in [-0.2, 0) is 52.5 Å². The summed E-state index contributed by atoms with van der Waals surface area (Å²) in [6.45, 7) is 14.2. The summed E-state index contributed by atoms with van der Waals surface area (Å²) in [5.41, 5.74) is 0. The van der Waals surface area contributed by atoms with E-state index in [1.807, 2.05) is 27.7 Å². The number of ether oxygens (including phenoxy) is 4. The van der Waals surface area contributed by atoms with Gasteiger partial charge in [-0.1, -0.05) is 150 Å². The number of carboxylic acids is 3. The monoisotopic (exact) mass is 1100 g/mol. The number of carbonyl (C=O) groups is 7. The van der Waals surface area contributed by atoms with Gasteiger partial charge in [0.1, 0.15) is 25.3 Å². The SMILES string of the molecule is CC.CC.CCCC.CSSC.O.O=C(O)CCCCCCCCCCCCCCC(=O)NC(CCC(=O)NCCOCCOCC(=O)NCCOCCOCC(=O)NCCCCC(NP)C(=O)O)C(=O)O. The van der Waals surface area contributed by atoms with E-state index in [0.29, 0.717) is 32.2 Å². The van der Waals surface area contributed by atoms with Crippen LogP contribution >= 0.6 is 31.0 Å². The van der Waals surface area contributed by atoms with E-state index in [4.69, 9.17) is 29.2 Å². The smallest absolute Gasteiger partial charge is 0.326 e. The van der Waals surface area contributed by atoms with Crippen LogP contribution in [0, 0.1) is 0 Å². The van der Waals surface area contributed by atoms with Crippen molar-refractivity contribution in [1.29, 1.82) is 0 Å². The Kier molecular flexibility index (Phi) is 76.3. The molecule has 0 fully saturated rings. The second kappa shape index (κ2) is 68.2. The highest BCUT2D eigenvalue weighted by molar-refractivity contribution is 8.76. The lowest BCUT2D eigenvalue weighted by Crippen LogP contribution is -2.41. The minimum atomic E-state index is -1.19. The first-order valence-corrected chi connectivity index (χ1v) is 29.4. The normalized spacial score (nSPS) is 10.8. The number of nitrogens with one attached hydrogen (secondary N) is 5. The lowest BCUT2D eigenvalue weighted by Gasteiger charge is -2.14. The minimum absolute atomic E-state index is 0. The van der Waals surface area contributed by atoms with E-state index in [-0.39, 0.29) is 121 Å². The third kappa shape index (κ3) is 69.3. The number of carboxylic acid groups (broad SMARTS) is 3. The molecular weight excluding hydrogens is 994 g/mol. The zero-order valence-electron chi connectivity index (χ0n) is 45.5. The van der Waals surface area contributed by atoms with Crippen LogP contribution in [0.4, 0.5) is 0 Å². The van der Waals surface area contributed by atoms with Crippen LogP contribution in [0.15, 0.2) is 0 Å². The van der Waals surface area contributed by atoms with Gasteiger partial charge in [0.05, 0.1) is 39.6 Å². The first-order chi connectivity index (χ1) is 34.3. The van der Waals surface area contributed by atoms with Crippen molar-refractivity contribution in [1.82, 2.24) is 26.4 Å². The number of hydrogen-bond donors (Lipinski definition) is 8. The van der Waals surface area contributed by atoms with Gasteiger partial charge in [-0.05, 0) is 51.0 Å². The Morgan fingerprint density at radius 2 is 0.847 bits per heavy atom. The molecule has 3 atom stereocenters. The van der Waals surface area contributed by atoms with Gasteiger partial charge in [0.2, 0.25) is 23.6 Å². The van der Waals surface area contributed by atoms with E-state index in [1.54, 1.807) is 21.6 Å². The topological polar surface area (TPSA) is 309 Å². The van der Waals surface area contributed by atoms with Gasteiger partial charge in [-0.2, -0.15) is 0 Å². The van der Waals surface area contributed by atoms with E-state index in [1.165, 1.54) is 32.1 Å². The summed E-state index contributed by atoms with van der Waals surface area (Å²) in [6.07, 6.45) is 21.2. The largest absolute Gasteiger partial charge is 0.481 e. The zero-order valence-corrected chi connectivity index (χ0v) is 48.3. The molecule has 430 valence electrons. The highest BCUT2D eigenvalue weighted by atomic mass is 33.1.